The number of rotatable bonds is 7. The van der Waals surface area contributed by atoms with E-state index in [0.29, 0.717) is 5.92 Å². The summed E-state index contributed by atoms with van der Waals surface area (Å²) in [5.41, 5.74) is 13.9. The van der Waals surface area contributed by atoms with E-state index < -0.39 is 8.07 Å². The molecule has 7 aromatic rings. The molecule has 3 heterocycles. The summed E-state index contributed by atoms with van der Waals surface area (Å²) in [6.07, 6.45) is 12.6. The number of aryl methyl sites for hydroxylation is 3. The zero-order valence-corrected chi connectivity index (χ0v) is 39.1. The average molecular weight is 961 g/mol. The Morgan fingerprint density at radius 3 is 2.25 bits per heavy atom. The Hall–Kier alpha value is -3.73. The van der Waals surface area contributed by atoms with Crippen LogP contribution >= 0.6 is 11.3 Å². The molecule has 3 aliphatic carbocycles. The Labute approximate surface area is 360 Å². The zero-order valence-electron chi connectivity index (χ0n) is 34.9. The van der Waals surface area contributed by atoms with Gasteiger partial charge in [-0.3, -0.25) is 0 Å². The van der Waals surface area contributed by atoms with Crippen molar-refractivity contribution in [1.82, 2.24) is 9.97 Å². The third kappa shape index (κ3) is 8.69. The van der Waals surface area contributed by atoms with Gasteiger partial charge in [-0.25, -0.2) is 0 Å². The van der Waals surface area contributed by atoms with Gasteiger partial charge in [0.1, 0.15) is 0 Å². The first kappa shape index (κ1) is 41.4. The van der Waals surface area contributed by atoms with Crippen molar-refractivity contribution < 1.29 is 20.1 Å². The third-order valence-electron chi connectivity index (χ3n) is 12.6. The second kappa shape index (κ2) is 17.2. The molecule has 3 fully saturated rings. The summed E-state index contributed by atoms with van der Waals surface area (Å²) in [7, 11) is -1.34. The number of hydrogen-bond donors (Lipinski definition) is 0. The van der Waals surface area contributed by atoms with Crippen LogP contribution in [0.15, 0.2) is 97.3 Å². The maximum absolute atomic E-state index is 4.87. The Bertz CT molecular complexity index is 2480. The van der Waals surface area contributed by atoms with Crippen molar-refractivity contribution in [1.29, 1.82) is 0 Å². The molecule has 0 saturated heterocycles. The van der Waals surface area contributed by atoms with Gasteiger partial charge < -0.3 is 9.97 Å². The van der Waals surface area contributed by atoms with Crippen LogP contribution in [0.3, 0.4) is 0 Å². The molecule has 3 saturated carbocycles. The summed E-state index contributed by atoms with van der Waals surface area (Å²) in [6, 6.07) is 37.5. The standard InChI is InChI=1S/C35H34NS.C17H22NSi.Ir/c1-21-16-30(33-22(2)6-4-7-23(33)3)34-29-9-5-8-28(35(29)37-32(34)17-21)31-20-25(14-15-36-31)19-27-18-24-10-12-26(27)13-11-24;1-13(2)15-11-16(14-9-7-6-8-10-14)18-12-17(15)19(3,4)5;/h4-7,9,14-17,20,24,26-27H,10-13,18-19H2,1-3H3;6-9,11-13H,1-5H3;/q2*-1;. The topological polar surface area (TPSA) is 25.8 Å². The zero-order chi connectivity index (χ0) is 39.1. The minimum absolute atomic E-state index is 0. The number of aromatic nitrogens is 2. The van der Waals surface area contributed by atoms with Crippen molar-refractivity contribution >= 4 is 44.8 Å². The monoisotopic (exact) mass is 961 g/mol. The SMILES string of the molecule is CC(C)c1cc(-c2[c-]cccc2)ncc1[Si](C)(C)C.Cc1cc(-c2c(C)cccc2C)c2c(c1)sc1c(-c3cc(CC4CC5CCC4CC5)ccn3)[c-]ccc12.[Ir]. The van der Waals surface area contributed by atoms with E-state index in [4.69, 9.17) is 4.98 Å². The Morgan fingerprint density at radius 2 is 1.58 bits per heavy atom. The molecule has 1 radical (unpaired) electrons. The van der Waals surface area contributed by atoms with Crippen LogP contribution in [0.2, 0.25) is 19.6 Å². The van der Waals surface area contributed by atoms with Crippen molar-refractivity contribution in [3.8, 4) is 33.6 Å². The Balaban J connectivity index is 0.000000211. The molecule has 2 nitrogen and oxygen atoms in total. The maximum Gasteiger partial charge on any atom is 0.0799 e. The molecule has 0 N–H and O–H groups in total. The smallest absolute Gasteiger partial charge is 0.0799 e. The molecule has 57 heavy (non-hydrogen) atoms. The van der Waals surface area contributed by atoms with Gasteiger partial charge in [-0.15, -0.1) is 59.7 Å². The third-order valence-corrected chi connectivity index (χ3v) is 15.8. The van der Waals surface area contributed by atoms with Crippen LogP contribution in [-0.4, -0.2) is 18.0 Å². The molecule has 5 heteroatoms. The van der Waals surface area contributed by atoms with Gasteiger partial charge in [-0.1, -0.05) is 99.2 Å². The quantitative estimate of drug-likeness (QED) is 0.118. The van der Waals surface area contributed by atoms with E-state index in [-0.39, 0.29) is 20.1 Å². The molecular formula is C52H56IrN2SSi-2. The van der Waals surface area contributed by atoms with Gasteiger partial charge in [-0.2, -0.15) is 11.3 Å². The van der Waals surface area contributed by atoms with Crippen LogP contribution in [0.5, 0.6) is 0 Å². The summed E-state index contributed by atoms with van der Waals surface area (Å²) in [5.74, 6) is 3.30. The molecular weight excluding hydrogens is 905 g/mol. The van der Waals surface area contributed by atoms with E-state index in [1.807, 2.05) is 35.7 Å². The predicted octanol–water partition coefficient (Wildman–Crippen LogP) is 14.1. The van der Waals surface area contributed by atoms with Crippen LogP contribution in [0.25, 0.3) is 53.8 Å². The summed E-state index contributed by atoms with van der Waals surface area (Å²) in [4.78, 5) is 9.53. The molecule has 295 valence electrons. The number of thiophene rings is 1. The van der Waals surface area contributed by atoms with E-state index >= 15 is 0 Å². The van der Waals surface area contributed by atoms with Gasteiger partial charge in [0.25, 0.3) is 0 Å². The molecule has 0 spiro atoms. The van der Waals surface area contributed by atoms with Crippen LogP contribution in [-0.2, 0) is 26.5 Å². The van der Waals surface area contributed by atoms with Gasteiger partial charge in [0.05, 0.1) is 8.07 Å². The number of pyridine rings is 2. The molecule has 0 aliphatic heterocycles. The normalized spacial score (nSPS) is 17.7. The van der Waals surface area contributed by atoms with Crippen molar-refractivity contribution in [2.45, 2.75) is 98.7 Å². The average Bonchev–Trinajstić information content (AvgIpc) is 3.57. The van der Waals surface area contributed by atoms with Gasteiger partial charge in [0.15, 0.2) is 0 Å². The number of benzene rings is 4. The van der Waals surface area contributed by atoms with Crippen LogP contribution in [0.4, 0.5) is 0 Å². The van der Waals surface area contributed by atoms with E-state index in [9.17, 15) is 0 Å². The Morgan fingerprint density at radius 1 is 0.807 bits per heavy atom. The van der Waals surface area contributed by atoms with E-state index in [0.717, 1.165) is 40.3 Å². The van der Waals surface area contributed by atoms with Crippen LogP contribution in [0, 0.1) is 50.7 Å². The molecule has 2 bridgehead atoms. The summed E-state index contributed by atoms with van der Waals surface area (Å²) in [5, 5.41) is 4.16. The van der Waals surface area contributed by atoms with Gasteiger partial charge >= 0.3 is 0 Å². The first-order valence-electron chi connectivity index (χ1n) is 20.8. The first-order valence-corrected chi connectivity index (χ1v) is 25.1. The number of hydrogen-bond acceptors (Lipinski definition) is 3. The summed E-state index contributed by atoms with van der Waals surface area (Å²) < 4.78 is 2.65. The molecule has 4 aromatic carbocycles. The largest absolute Gasteiger partial charge is 0.305 e. The molecule has 0 amide bonds. The fourth-order valence-electron chi connectivity index (χ4n) is 9.72. The second-order valence-electron chi connectivity index (χ2n) is 18.0. The van der Waals surface area contributed by atoms with Crippen LogP contribution < -0.4 is 5.19 Å². The van der Waals surface area contributed by atoms with Crippen molar-refractivity contribution in [2.75, 3.05) is 0 Å². The fraction of sp³-hybridized carbons (Fsp3) is 0.346. The van der Waals surface area contributed by atoms with E-state index in [1.165, 1.54) is 103 Å². The molecule has 1 atom stereocenters. The number of nitrogens with zero attached hydrogens (tertiary/aromatic N) is 2. The van der Waals surface area contributed by atoms with E-state index in [2.05, 4.69) is 144 Å². The summed E-state index contributed by atoms with van der Waals surface area (Å²) >= 11 is 1.90. The Kier molecular flexibility index (Phi) is 12.5. The molecule has 3 aromatic heterocycles. The fourth-order valence-corrected chi connectivity index (χ4v) is 12.7. The minimum Gasteiger partial charge on any atom is -0.305 e. The van der Waals surface area contributed by atoms with Crippen LogP contribution in [0.1, 0.15) is 79.7 Å². The molecule has 3 aliphatic rings. The van der Waals surface area contributed by atoms with Gasteiger partial charge in [0, 0.05) is 37.2 Å². The molecule has 10 rings (SSSR count). The van der Waals surface area contributed by atoms with Crippen molar-refractivity contribution in [3.05, 3.63) is 137 Å². The minimum atomic E-state index is -1.34. The maximum atomic E-state index is 4.87. The second-order valence-corrected chi connectivity index (χ2v) is 24.1. The van der Waals surface area contributed by atoms with Crippen molar-refractivity contribution in [2.24, 2.45) is 17.8 Å². The number of fused-ring (bicyclic) bond motifs is 6. The summed E-state index contributed by atoms with van der Waals surface area (Å²) in [6.45, 7) is 18.3. The first-order chi connectivity index (χ1) is 26.9. The van der Waals surface area contributed by atoms with E-state index in [1.54, 1.807) is 0 Å². The van der Waals surface area contributed by atoms with Gasteiger partial charge in [0.2, 0.25) is 0 Å². The van der Waals surface area contributed by atoms with Crippen molar-refractivity contribution in [3.63, 3.8) is 0 Å². The van der Waals surface area contributed by atoms with Gasteiger partial charge in [-0.05, 0) is 137 Å². The molecule has 1 unspecified atom stereocenters. The predicted molar refractivity (Wildman–Crippen MR) is 244 cm³/mol.